The number of aliphatic imine (C=N–C) groups is 1. The Morgan fingerprint density at radius 1 is 1.22 bits per heavy atom. The molecular formula is C19H34IN3O3S. The number of hydrogen-bond acceptors (Lipinski definition) is 4. The summed E-state index contributed by atoms with van der Waals surface area (Å²) in [7, 11) is -3.16. The Bertz CT molecular complexity index is 664. The van der Waals surface area contributed by atoms with E-state index in [1.807, 2.05) is 32.0 Å². The average Bonchev–Trinajstić information content (AvgIpc) is 2.59. The molecule has 0 saturated heterocycles. The van der Waals surface area contributed by atoms with Crippen LogP contribution in [0.15, 0.2) is 35.3 Å². The minimum absolute atomic E-state index is 0. The van der Waals surface area contributed by atoms with E-state index in [2.05, 4.69) is 27.8 Å². The molecule has 2 N–H and O–H groups in total. The quantitative estimate of drug-likeness (QED) is 0.218. The van der Waals surface area contributed by atoms with Crippen molar-refractivity contribution in [2.75, 3.05) is 32.5 Å². The summed E-state index contributed by atoms with van der Waals surface area (Å²) >= 11 is 0. The predicted octanol–water partition coefficient (Wildman–Crippen LogP) is 3.15. The molecule has 0 aliphatic carbocycles. The predicted molar refractivity (Wildman–Crippen MR) is 124 cm³/mol. The van der Waals surface area contributed by atoms with Crippen LogP contribution in [0.4, 0.5) is 0 Å². The first-order valence-corrected chi connectivity index (χ1v) is 10.9. The zero-order chi connectivity index (χ0) is 19.6. The second-order valence-electron chi connectivity index (χ2n) is 6.93. The largest absolute Gasteiger partial charge is 0.374 e. The summed E-state index contributed by atoms with van der Waals surface area (Å²) in [5.41, 5.74) is 1.17. The standard InChI is InChI=1S/C19H33N3O3S.HI/c1-6-20-18(22-15-19(3,4)26(5,23)24)21-13-10-14-25-16(2)17-11-8-7-9-12-17;/h7-9,11-12,16H,6,10,13-15H2,1-5H3,(H2,20,21,22);1H. The average molecular weight is 511 g/mol. The van der Waals surface area contributed by atoms with Crippen LogP contribution < -0.4 is 10.6 Å². The van der Waals surface area contributed by atoms with E-state index in [1.54, 1.807) is 13.8 Å². The first kappa shape index (κ1) is 26.1. The van der Waals surface area contributed by atoms with Gasteiger partial charge in [-0.1, -0.05) is 30.3 Å². The molecule has 0 spiro atoms. The molecular weight excluding hydrogens is 477 g/mol. The van der Waals surface area contributed by atoms with Crippen molar-refractivity contribution in [1.29, 1.82) is 0 Å². The van der Waals surface area contributed by atoms with Crippen LogP contribution in [-0.4, -0.2) is 51.6 Å². The zero-order valence-electron chi connectivity index (χ0n) is 17.0. The van der Waals surface area contributed by atoms with Gasteiger partial charge in [0, 0.05) is 26.0 Å². The van der Waals surface area contributed by atoms with E-state index in [9.17, 15) is 8.42 Å². The molecule has 0 aliphatic rings. The normalized spacial score (nSPS) is 13.6. The van der Waals surface area contributed by atoms with Gasteiger partial charge in [0.1, 0.15) is 0 Å². The minimum atomic E-state index is -3.16. The third-order valence-electron chi connectivity index (χ3n) is 4.22. The van der Waals surface area contributed by atoms with Gasteiger partial charge in [0.15, 0.2) is 15.8 Å². The van der Waals surface area contributed by atoms with Crippen LogP contribution in [0.3, 0.4) is 0 Å². The lowest BCUT2D eigenvalue weighted by Crippen LogP contribution is -2.41. The molecule has 0 amide bonds. The number of sulfone groups is 1. The molecule has 1 unspecified atom stereocenters. The molecule has 1 aromatic rings. The highest BCUT2D eigenvalue weighted by molar-refractivity contribution is 14.0. The van der Waals surface area contributed by atoms with Crippen LogP contribution in [0.2, 0.25) is 0 Å². The lowest BCUT2D eigenvalue weighted by molar-refractivity contribution is 0.0646. The second kappa shape index (κ2) is 12.6. The maximum atomic E-state index is 11.8. The Balaban J connectivity index is 0.00000676. The summed E-state index contributed by atoms with van der Waals surface area (Å²) in [5, 5.41) is 6.36. The molecule has 156 valence electrons. The SMILES string of the molecule is CCNC(=NCC(C)(C)S(C)(=O)=O)NCCCOC(C)c1ccccc1.I. The van der Waals surface area contributed by atoms with E-state index in [4.69, 9.17) is 4.74 Å². The van der Waals surface area contributed by atoms with Crippen molar-refractivity contribution < 1.29 is 13.2 Å². The van der Waals surface area contributed by atoms with Gasteiger partial charge in [-0.25, -0.2) is 8.42 Å². The zero-order valence-corrected chi connectivity index (χ0v) is 20.1. The van der Waals surface area contributed by atoms with Gasteiger partial charge < -0.3 is 15.4 Å². The van der Waals surface area contributed by atoms with Crippen LogP contribution in [-0.2, 0) is 14.6 Å². The number of hydrogen-bond donors (Lipinski definition) is 2. The van der Waals surface area contributed by atoms with Crippen LogP contribution in [0.25, 0.3) is 0 Å². The molecule has 0 aliphatic heterocycles. The van der Waals surface area contributed by atoms with Crippen molar-refractivity contribution in [2.24, 2.45) is 4.99 Å². The first-order chi connectivity index (χ1) is 12.2. The molecule has 0 fully saturated rings. The molecule has 0 bridgehead atoms. The van der Waals surface area contributed by atoms with Crippen LogP contribution in [0, 0.1) is 0 Å². The van der Waals surface area contributed by atoms with Gasteiger partial charge in [-0.05, 0) is 39.7 Å². The van der Waals surface area contributed by atoms with Crippen molar-refractivity contribution in [3.63, 3.8) is 0 Å². The van der Waals surface area contributed by atoms with Gasteiger partial charge in [-0.15, -0.1) is 24.0 Å². The maximum Gasteiger partial charge on any atom is 0.191 e. The Kier molecular flexibility index (Phi) is 12.2. The van der Waals surface area contributed by atoms with Crippen molar-refractivity contribution in [3.8, 4) is 0 Å². The fourth-order valence-electron chi connectivity index (χ4n) is 2.09. The Morgan fingerprint density at radius 2 is 1.85 bits per heavy atom. The number of guanidine groups is 1. The summed E-state index contributed by atoms with van der Waals surface area (Å²) in [5.74, 6) is 0.625. The third-order valence-corrected chi connectivity index (χ3v) is 6.35. The fourth-order valence-corrected chi connectivity index (χ4v) is 2.39. The van der Waals surface area contributed by atoms with Gasteiger partial charge in [0.25, 0.3) is 0 Å². The minimum Gasteiger partial charge on any atom is -0.374 e. The summed E-state index contributed by atoms with van der Waals surface area (Å²) in [6.45, 7) is 9.66. The highest BCUT2D eigenvalue weighted by Crippen LogP contribution is 2.16. The highest BCUT2D eigenvalue weighted by atomic mass is 127. The summed E-state index contributed by atoms with van der Waals surface area (Å²) in [6.07, 6.45) is 2.14. The monoisotopic (exact) mass is 511 g/mol. The number of ether oxygens (including phenoxy) is 1. The lowest BCUT2D eigenvalue weighted by Gasteiger charge is -2.21. The summed E-state index contributed by atoms with van der Waals surface area (Å²) in [4.78, 5) is 4.41. The fraction of sp³-hybridized carbons (Fsp3) is 0.632. The van der Waals surface area contributed by atoms with Crippen LogP contribution in [0.5, 0.6) is 0 Å². The number of benzene rings is 1. The number of nitrogens with one attached hydrogen (secondary N) is 2. The molecule has 1 aromatic carbocycles. The van der Waals surface area contributed by atoms with Gasteiger partial charge in [-0.3, -0.25) is 4.99 Å². The van der Waals surface area contributed by atoms with Gasteiger partial charge >= 0.3 is 0 Å². The maximum absolute atomic E-state index is 11.8. The Hall–Kier alpha value is -0.870. The molecule has 0 saturated carbocycles. The molecule has 1 atom stereocenters. The molecule has 0 radical (unpaired) electrons. The Labute approximate surface area is 181 Å². The van der Waals surface area contributed by atoms with Crippen LogP contribution in [0.1, 0.15) is 45.8 Å². The number of nitrogens with zero attached hydrogens (tertiary/aromatic N) is 1. The van der Waals surface area contributed by atoms with Crippen molar-refractivity contribution in [2.45, 2.75) is 45.0 Å². The molecule has 8 heteroatoms. The van der Waals surface area contributed by atoms with Gasteiger partial charge in [-0.2, -0.15) is 0 Å². The number of halogens is 1. The molecule has 27 heavy (non-hydrogen) atoms. The van der Waals surface area contributed by atoms with Crippen molar-refractivity contribution in [3.05, 3.63) is 35.9 Å². The van der Waals surface area contributed by atoms with Crippen molar-refractivity contribution >= 4 is 39.8 Å². The third kappa shape index (κ3) is 9.75. The summed E-state index contributed by atoms with van der Waals surface area (Å²) in [6, 6.07) is 10.1. The smallest absolute Gasteiger partial charge is 0.191 e. The van der Waals surface area contributed by atoms with E-state index in [-0.39, 0.29) is 36.6 Å². The van der Waals surface area contributed by atoms with Gasteiger partial charge in [0.05, 0.1) is 17.4 Å². The molecule has 0 aromatic heterocycles. The Morgan fingerprint density at radius 3 is 2.41 bits per heavy atom. The lowest BCUT2D eigenvalue weighted by atomic mass is 10.1. The highest BCUT2D eigenvalue weighted by Gasteiger charge is 2.29. The van der Waals surface area contributed by atoms with E-state index in [0.29, 0.717) is 25.7 Å². The second-order valence-corrected chi connectivity index (χ2v) is 9.58. The van der Waals surface area contributed by atoms with Crippen molar-refractivity contribution in [1.82, 2.24) is 10.6 Å². The van der Waals surface area contributed by atoms with E-state index < -0.39 is 14.6 Å². The van der Waals surface area contributed by atoms with E-state index >= 15 is 0 Å². The van der Waals surface area contributed by atoms with E-state index in [1.165, 1.54) is 11.8 Å². The molecule has 6 nitrogen and oxygen atoms in total. The van der Waals surface area contributed by atoms with Crippen LogP contribution >= 0.6 is 24.0 Å². The molecule has 0 heterocycles. The van der Waals surface area contributed by atoms with E-state index in [0.717, 1.165) is 6.42 Å². The first-order valence-electron chi connectivity index (χ1n) is 9.05. The topological polar surface area (TPSA) is 79.8 Å². The molecule has 1 rings (SSSR count). The van der Waals surface area contributed by atoms with Gasteiger partial charge in [0.2, 0.25) is 0 Å². The number of rotatable bonds is 10. The summed E-state index contributed by atoms with van der Waals surface area (Å²) < 4.78 is 28.5.